The molecule has 0 atom stereocenters. The lowest BCUT2D eigenvalue weighted by Crippen LogP contribution is -2.48. The molecule has 150 valence electrons. The zero-order valence-corrected chi connectivity index (χ0v) is 16.5. The first kappa shape index (κ1) is 19.2. The van der Waals surface area contributed by atoms with E-state index < -0.39 is 0 Å². The van der Waals surface area contributed by atoms with Gasteiger partial charge < -0.3 is 16.0 Å². The number of amides is 1. The Labute approximate surface area is 169 Å². The summed E-state index contributed by atoms with van der Waals surface area (Å²) in [5.41, 5.74) is 8.38. The number of hydrogen-bond acceptors (Lipinski definition) is 7. The van der Waals surface area contributed by atoms with Crippen molar-refractivity contribution in [2.24, 2.45) is 5.73 Å². The molecule has 0 radical (unpaired) electrons. The summed E-state index contributed by atoms with van der Waals surface area (Å²) in [5.74, 6) is 0.492. The molecule has 0 bridgehead atoms. The number of anilines is 2. The van der Waals surface area contributed by atoms with Crippen molar-refractivity contribution in [1.82, 2.24) is 19.9 Å². The molecule has 1 amide bonds. The van der Waals surface area contributed by atoms with Crippen LogP contribution >= 0.6 is 0 Å². The Balaban J connectivity index is 1.45. The van der Waals surface area contributed by atoms with E-state index >= 15 is 0 Å². The summed E-state index contributed by atoms with van der Waals surface area (Å²) >= 11 is 0. The van der Waals surface area contributed by atoms with Gasteiger partial charge in [0, 0.05) is 50.9 Å². The molecular formula is C21H25N7O. The van der Waals surface area contributed by atoms with Gasteiger partial charge in [-0.15, -0.1) is 0 Å². The van der Waals surface area contributed by atoms with Gasteiger partial charge >= 0.3 is 0 Å². The molecule has 0 saturated carbocycles. The Hall–Kier alpha value is -3.10. The summed E-state index contributed by atoms with van der Waals surface area (Å²) in [6, 6.07) is 7.82. The smallest absolute Gasteiger partial charge is 0.275 e. The third-order valence-corrected chi connectivity index (χ3v) is 5.11. The molecule has 8 heteroatoms. The second-order valence-electron chi connectivity index (χ2n) is 7.22. The molecular weight excluding hydrogens is 366 g/mol. The fourth-order valence-electron chi connectivity index (χ4n) is 3.61. The van der Waals surface area contributed by atoms with Crippen LogP contribution in [0.4, 0.5) is 11.5 Å². The summed E-state index contributed by atoms with van der Waals surface area (Å²) in [6.07, 6.45) is 4.91. The Morgan fingerprint density at radius 2 is 1.97 bits per heavy atom. The van der Waals surface area contributed by atoms with Crippen molar-refractivity contribution in [1.29, 1.82) is 0 Å². The molecule has 4 rings (SSSR count). The molecule has 0 spiro atoms. The highest BCUT2D eigenvalue weighted by atomic mass is 16.1. The molecule has 1 saturated heterocycles. The maximum Gasteiger partial charge on any atom is 0.275 e. The quantitative estimate of drug-likeness (QED) is 0.682. The minimum atomic E-state index is -0.297. The molecule has 3 aromatic rings. The number of carbonyl (C=O) groups is 1. The molecule has 3 heterocycles. The highest BCUT2D eigenvalue weighted by molar-refractivity contribution is 6.07. The van der Waals surface area contributed by atoms with E-state index in [-0.39, 0.29) is 11.6 Å². The number of nitrogens with one attached hydrogen (secondary N) is 1. The normalized spacial score (nSPS) is 14.9. The van der Waals surface area contributed by atoms with Gasteiger partial charge in [-0.05, 0) is 30.7 Å². The number of aromatic nitrogens is 3. The van der Waals surface area contributed by atoms with Crippen molar-refractivity contribution in [2.75, 3.05) is 49.5 Å². The summed E-state index contributed by atoms with van der Waals surface area (Å²) in [7, 11) is 0. The number of benzene rings is 1. The number of pyridine rings is 1. The summed E-state index contributed by atoms with van der Waals surface area (Å²) in [6.45, 7) is 7.24. The van der Waals surface area contributed by atoms with Crippen LogP contribution in [0, 0.1) is 6.92 Å². The molecule has 29 heavy (non-hydrogen) atoms. The van der Waals surface area contributed by atoms with Crippen LogP contribution in [0.3, 0.4) is 0 Å². The van der Waals surface area contributed by atoms with E-state index in [1.807, 2.05) is 31.2 Å². The van der Waals surface area contributed by atoms with Crippen molar-refractivity contribution < 1.29 is 4.79 Å². The summed E-state index contributed by atoms with van der Waals surface area (Å²) < 4.78 is 0. The molecule has 1 aromatic carbocycles. The van der Waals surface area contributed by atoms with Gasteiger partial charge in [-0.3, -0.25) is 14.7 Å². The summed E-state index contributed by atoms with van der Waals surface area (Å²) in [5, 5.41) is 3.91. The molecule has 1 fully saturated rings. The van der Waals surface area contributed by atoms with Crippen LogP contribution in [0.5, 0.6) is 0 Å². The van der Waals surface area contributed by atoms with Gasteiger partial charge in [0.25, 0.3) is 5.91 Å². The van der Waals surface area contributed by atoms with Crippen LogP contribution in [0.1, 0.15) is 16.1 Å². The first-order chi connectivity index (χ1) is 14.1. The van der Waals surface area contributed by atoms with E-state index in [1.54, 1.807) is 12.4 Å². The van der Waals surface area contributed by atoms with Crippen molar-refractivity contribution in [2.45, 2.75) is 6.92 Å². The number of nitrogens with zero attached hydrogens (tertiary/aromatic N) is 5. The van der Waals surface area contributed by atoms with Crippen LogP contribution in [-0.2, 0) is 0 Å². The average Bonchev–Trinajstić information content (AvgIpc) is 2.74. The monoisotopic (exact) mass is 391 g/mol. The van der Waals surface area contributed by atoms with E-state index in [9.17, 15) is 4.79 Å². The molecule has 0 aliphatic carbocycles. The van der Waals surface area contributed by atoms with Gasteiger partial charge in [-0.1, -0.05) is 6.07 Å². The topological polar surface area (TPSA) is 100 Å². The third-order valence-electron chi connectivity index (χ3n) is 5.11. The predicted molar refractivity (Wildman–Crippen MR) is 114 cm³/mol. The van der Waals surface area contributed by atoms with Crippen molar-refractivity contribution in [3.63, 3.8) is 0 Å². The third kappa shape index (κ3) is 4.33. The number of carbonyl (C=O) groups excluding carboxylic acids is 1. The zero-order valence-electron chi connectivity index (χ0n) is 16.5. The minimum Gasteiger partial charge on any atom is -0.353 e. The van der Waals surface area contributed by atoms with Crippen LogP contribution in [0.15, 0.2) is 42.9 Å². The second kappa shape index (κ2) is 8.50. The second-order valence-corrected chi connectivity index (χ2v) is 7.22. The lowest BCUT2D eigenvalue weighted by molar-refractivity contribution is 0.102. The van der Waals surface area contributed by atoms with E-state index in [2.05, 4.69) is 30.1 Å². The number of rotatable bonds is 5. The Morgan fingerprint density at radius 3 is 2.69 bits per heavy atom. The van der Waals surface area contributed by atoms with Gasteiger partial charge in [0.05, 0.1) is 23.6 Å². The molecule has 1 aliphatic heterocycles. The number of fused-ring (bicyclic) bond motifs is 1. The standard InChI is InChI=1S/C21H25N7O/c1-15-11-16-3-2-5-23-20(16)17(12-15)26-21(29)18-13-25-19(14-24-18)28-9-7-27(6-4-22)8-10-28/h2-3,5,11-14H,4,6-10,22H2,1H3,(H,26,29). The van der Waals surface area contributed by atoms with E-state index in [0.29, 0.717) is 12.2 Å². The number of piperazine rings is 1. The van der Waals surface area contributed by atoms with E-state index in [0.717, 1.165) is 55.0 Å². The molecule has 8 nitrogen and oxygen atoms in total. The van der Waals surface area contributed by atoms with E-state index in [4.69, 9.17) is 5.73 Å². The highest BCUT2D eigenvalue weighted by Gasteiger charge is 2.18. The van der Waals surface area contributed by atoms with Gasteiger partial charge in [0.1, 0.15) is 11.5 Å². The fourth-order valence-corrected chi connectivity index (χ4v) is 3.61. The van der Waals surface area contributed by atoms with Crippen LogP contribution in [0.25, 0.3) is 10.9 Å². The maximum atomic E-state index is 12.7. The van der Waals surface area contributed by atoms with Crippen LogP contribution < -0.4 is 16.0 Å². The Kier molecular flexibility index (Phi) is 5.64. The average molecular weight is 391 g/mol. The zero-order chi connectivity index (χ0) is 20.2. The SMILES string of the molecule is Cc1cc(NC(=O)c2cnc(N3CCN(CCN)CC3)cn2)c2ncccc2c1. The predicted octanol–water partition coefficient (Wildman–Crippen LogP) is 1.67. The van der Waals surface area contributed by atoms with Crippen molar-refractivity contribution in [3.8, 4) is 0 Å². The van der Waals surface area contributed by atoms with Gasteiger partial charge in [-0.2, -0.15) is 0 Å². The molecule has 0 unspecified atom stereocenters. The van der Waals surface area contributed by atoms with Gasteiger partial charge in [0.2, 0.25) is 0 Å². The van der Waals surface area contributed by atoms with Crippen LogP contribution in [0.2, 0.25) is 0 Å². The Morgan fingerprint density at radius 1 is 1.14 bits per heavy atom. The van der Waals surface area contributed by atoms with Crippen LogP contribution in [-0.4, -0.2) is 65.0 Å². The Bertz CT molecular complexity index is 998. The first-order valence-electron chi connectivity index (χ1n) is 9.80. The number of nitrogens with two attached hydrogens (primary N) is 1. The molecule has 1 aliphatic rings. The van der Waals surface area contributed by atoms with Crippen molar-refractivity contribution in [3.05, 3.63) is 54.1 Å². The minimum absolute atomic E-state index is 0.279. The van der Waals surface area contributed by atoms with E-state index in [1.165, 1.54) is 6.20 Å². The first-order valence-corrected chi connectivity index (χ1v) is 9.80. The fraction of sp³-hybridized carbons (Fsp3) is 0.333. The number of aryl methyl sites for hydroxylation is 1. The largest absolute Gasteiger partial charge is 0.353 e. The molecule has 2 aromatic heterocycles. The summed E-state index contributed by atoms with van der Waals surface area (Å²) in [4.78, 5) is 30.4. The van der Waals surface area contributed by atoms with Gasteiger partial charge in [0.15, 0.2) is 0 Å². The molecule has 3 N–H and O–H groups in total. The van der Waals surface area contributed by atoms with Crippen molar-refractivity contribution >= 4 is 28.3 Å². The lowest BCUT2D eigenvalue weighted by Gasteiger charge is -2.34. The maximum absolute atomic E-state index is 12.7. The number of hydrogen-bond donors (Lipinski definition) is 2. The highest BCUT2D eigenvalue weighted by Crippen LogP contribution is 2.23. The lowest BCUT2D eigenvalue weighted by atomic mass is 10.1. The van der Waals surface area contributed by atoms with Gasteiger partial charge in [-0.25, -0.2) is 9.97 Å².